The van der Waals surface area contributed by atoms with Crippen molar-refractivity contribution in [1.82, 2.24) is 9.88 Å². The van der Waals surface area contributed by atoms with Crippen LogP contribution in [0.2, 0.25) is 0 Å². The molecule has 2 unspecified atom stereocenters. The molecule has 1 aliphatic heterocycles. The second-order valence-corrected chi connectivity index (χ2v) is 6.76. The fraction of sp³-hybridized carbons (Fsp3) is 0.350. The van der Waals surface area contributed by atoms with Gasteiger partial charge < -0.3 is 21.1 Å². The Hall–Kier alpha value is -2.77. The molecule has 4 N–H and O–H groups in total. The predicted octanol–water partition coefficient (Wildman–Crippen LogP) is 1.56. The van der Waals surface area contributed by atoms with Crippen molar-refractivity contribution in [3.8, 4) is 0 Å². The summed E-state index contributed by atoms with van der Waals surface area (Å²) in [5.74, 6) is -0.272. The van der Waals surface area contributed by atoms with Gasteiger partial charge in [-0.15, -0.1) is 0 Å². The third kappa shape index (κ3) is 4.69. The number of hydrogen-bond acceptors (Lipinski definition) is 5. The Labute approximate surface area is 158 Å². The van der Waals surface area contributed by atoms with E-state index in [1.54, 1.807) is 53.7 Å². The van der Waals surface area contributed by atoms with Crippen molar-refractivity contribution < 1.29 is 14.7 Å². The molecule has 1 saturated heterocycles. The first kappa shape index (κ1) is 19.0. The van der Waals surface area contributed by atoms with Crippen molar-refractivity contribution in [2.45, 2.75) is 18.9 Å². The van der Waals surface area contributed by atoms with Crippen LogP contribution in [-0.2, 0) is 4.79 Å². The number of amides is 2. The summed E-state index contributed by atoms with van der Waals surface area (Å²) in [7, 11) is 0. The van der Waals surface area contributed by atoms with E-state index in [2.05, 4.69) is 10.3 Å². The number of hydrogen-bond donors (Lipinski definition) is 3. The maximum absolute atomic E-state index is 12.7. The van der Waals surface area contributed by atoms with Crippen LogP contribution >= 0.6 is 0 Å². The minimum Gasteiger partial charge on any atom is -0.396 e. The highest BCUT2D eigenvalue weighted by Gasteiger charge is 2.27. The zero-order valence-electron chi connectivity index (χ0n) is 15.0. The first-order chi connectivity index (χ1) is 13.1. The maximum atomic E-state index is 12.7. The van der Waals surface area contributed by atoms with E-state index in [0.29, 0.717) is 29.9 Å². The summed E-state index contributed by atoms with van der Waals surface area (Å²) in [6.07, 6.45) is 5.01. The molecule has 7 nitrogen and oxygen atoms in total. The summed E-state index contributed by atoms with van der Waals surface area (Å²) >= 11 is 0. The molecule has 2 atom stereocenters. The van der Waals surface area contributed by atoms with Gasteiger partial charge in [0, 0.05) is 43.3 Å². The van der Waals surface area contributed by atoms with Gasteiger partial charge in [0.05, 0.1) is 0 Å². The minimum absolute atomic E-state index is 0.0836. The molecule has 2 heterocycles. The van der Waals surface area contributed by atoms with E-state index in [1.165, 1.54) is 0 Å². The van der Waals surface area contributed by atoms with Crippen LogP contribution in [0.5, 0.6) is 0 Å². The highest BCUT2D eigenvalue weighted by molar-refractivity contribution is 6.04. The van der Waals surface area contributed by atoms with E-state index >= 15 is 0 Å². The average Bonchev–Trinajstić information content (AvgIpc) is 2.73. The lowest BCUT2D eigenvalue weighted by atomic mass is 9.97. The van der Waals surface area contributed by atoms with E-state index in [0.717, 1.165) is 12.8 Å². The second-order valence-electron chi connectivity index (χ2n) is 6.76. The number of nitrogens with one attached hydrogen (secondary N) is 1. The number of nitrogens with two attached hydrogens (primary N) is 1. The molecule has 3 rings (SSSR count). The average molecular weight is 368 g/mol. The first-order valence-electron chi connectivity index (χ1n) is 9.05. The number of nitrogens with zero attached hydrogens (tertiary/aromatic N) is 2. The number of likely N-dealkylation sites (tertiary alicyclic amines) is 1. The maximum Gasteiger partial charge on any atom is 0.255 e. The zero-order chi connectivity index (χ0) is 19.2. The second kappa shape index (κ2) is 8.75. The van der Waals surface area contributed by atoms with Crippen LogP contribution in [0.4, 0.5) is 5.69 Å². The van der Waals surface area contributed by atoms with Gasteiger partial charge in [-0.25, -0.2) is 0 Å². The Kier molecular flexibility index (Phi) is 6.16. The normalized spacial score (nSPS) is 18.0. The van der Waals surface area contributed by atoms with Crippen LogP contribution in [0, 0.1) is 5.92 Å². The van der Waals surface area contributed by atoms with Crippen molar-refractivity contribution in [2.75, 3.05) is 25.0 Å². The lowest BCUT2D eigenvalue weighted by Crippen LogP contribution is -2.45. The van der Waals surface area contributed by atoms with Crippen LogP contribution in [-0.4, -0.2) is 46.5 Å². The summed E-state index contributed by atoms with van der Waals surface area (Å²) in [5, 5.41) is 12.1. The number of carbonyl (C=O) groups is 2. The molecule has 7 heteroatoms. The van der Waals surface area contributed by atoms with Crippen LogP contribution in [0.25, 0.3) is 0 Å². The molecule has 1 aromatic heterocycles. The highest BCUT2D eigenvalue weighted by Crippen LogP contribution is 2.21. The van der Waals surface area contributed by atoms with Crippen molar-refractivity contribution in [3.63, 3.8) is 0 Å². The van der Waals surface area contributed by atoms with E-state index in [9.17, 15) is 14.7 Å². The molecule has 1 fully saturated rings. The number of pyridine rings is 1. The third-order valence-electron chi connectivity index (χ3n) is 4.83. The van der Waals surface area contributed by atoms with Crippen molar-refractivity contribution >= 4 is 17.5 Å². The molecule has 0 radical (unpaired) electrons. The molecule has 142 valence electrons. The number of aliphatic hydroxyl groups is 1. The smallest absolute Gasteiger partial charge is 0.255 e. The Morgan fingerprint density at radius 2 is 1.93 bits per heavy atom. The van der Waals surface area contributed by atoms with Gasteiger partial charge in [0.15, 0.2) is 0 Å². The number of anilines is 1. The van der Waals surface area contributed by atoms with Crippen LogP contribution in [0.3, 0.4) is 0 Å². The van der Waals surface area contributed by atoms with E-state index < -0.39 is 6.04 Å². The third-order valence-corrected chi connectivity index (χ3v) is 4.83. The van der Waals surface area contributed by atoms with Crippen LogP contribution in [0.15, 0.2) is 48.8 Å². The Morgan fingerprint density at radius 1 is 1.22 bits per heavy atom. The Balaban J connectivity index is 1.63. The fourth-order valence-corrected chi connectivity index (χ4v) is 3.23. The van der Waals surface area contributed by atoms with E-state index in [4.69, 9.17) is 5.73 Å². The van der Waals surface area contributed by atoms with Gasteiger partial charge in [-0.1, -0.05) is 12.1 Å². The summed E-state index contributed by atoms with van der Waals surface area (Å²) < 4.78 is 0. The van der Waals surface area contributed by atoms with Gasteiger partial charge in [0.25, 0.3) is 5.91 Å². The molecule has 0 saturated carbocycles. The van der Waals surface area contributed by atoms with Crippen LogP contribution < -0.4 is 11.1 Å². The molecule has 0 bridgehead atoms. The lowest BCUT2D eigenvalue weighted by molar-refractivity contribution is -0.134. The topological polar surface area (TPSA) is 109 Å². The molecule has 2 amide bonds. The van der Waals surface area contributed by atoms with Crippen molar-refractivity contribution in [2.24, 2.45) is 11.7 Å². The van der Waals surface area contributed by atoms with Gasteiger partial charge in [-0.3, -0.25) is 14.6 Å². The molecular weight excluding hydrogens is 344 g/mol. The Morgan fingerprint density at radius 3 is 2.59 bits per heavy atom. The van der Waals surface area contributed by atoms with E-state index in [-0.39, 0.29) is 24.3 Å². The first-order valence-corrected chi connectivity index (χ1v) is 9.05. The summed E-state index contributed by atoms with van der Waals surface area (Å²) in [5.41, 5.74) is 7.95. The highest BCUT2D eigenvalue weighted by atomic mass is 16.3. The quantitative estimate of drug-likeness (QED) is 0.742. The van der Waals surface area contributed by atoms with Gasteiger partial charge in [0.2, 0.25) is 5.91 Å². The summed E-state index contributed by atoms with van der Waals surface area (Å²) in [4.78, 5) is 30.6. The van der Waals surface area contributed by atoms with Gasteiger partial charge >= 0.3 is 0 Å². The fourth-order valence-electron chi connectivity index (χ4n) is 3.23. The van der Waals surface area contributed by atoms with Gasteiger partial charge in [-0.05, 0) is 48.6 Å². The standard InChI is InChI=1S/C20H24N4O3/c21-18(20(27)24-11-1-2-14(12-24)13-25)15-3-5-16(6-4-15)19(26)23-17-7-9-22-10-8-17/h3-10,14,18,25H,1-2,11-13,21H2,(H,22,23,26). The zero-order valence-corrected chi connectivity index (χ0v) is 15.0. The van der Waals surface area contributed by atoms with E-state index in [1.807, 2.05) is 0 Å². The molecule has 1 aromatic carbocycles. The molecule has 1 aliphatic rings. The molecular formula is C20H24N4O3. The predicted molar refractivity (Wildman–Crippen MR) is 102 cm³/mol. The summed E-state index contributed by atoms with van der Waals surface area (Å²) in [6, 6.07) is 9.37. The number of aromatic nitrogens is 1. The molecule has 27 heavy (non-hydrogen) atoms. The van der Waals surface area contributed by atoms with Gasteiger partial charge in [-0.2, -0.15) is 0 Å². The van der Waals surface area contributed by atoms with Crippen molar-refractivity contribution in [1.29, 1.82) is 0 Å². The van der Waals surface area contributed by atoms with Crippen LogP contribution in [0.1, 0.15) is 34.8 Å². The Bertz CT molecular complexity index is 780. The molecule has 2 aromatic rings. The number of piperidine rings is 1. The molecule has 0 spiro atoms. The van der Waals surface area contributed by atoms with Gasteiger partial charge in [0.1, 0.15) is 6.04 Å². The number of benzene rings is 1. The minimum atomic E-state index is -0.778. The number of carbonyl (C=O) groups excluding carboxylic acids is 2. The molecule has 0 aliphatic carbocycles. The largest absolute Gasteiger partial charge is 0.396 e. The number of aliphatic hydroxyl groups excluding tert-OH is 1. The lowest BCUT2D eigenvalue weighted by Gasteiger charge is -2.33. The summed E-state index contributed by atoms with van der Waals surface area (Å²) in [6.45, 7) is 1.28. The monoisotopic (exact) mass is 368 g/mol. The SMILES string of the molecule is NC(C(=O)N1CCCC(CO)C1)c1ccc(C(=O)Nc2ccncc2)cc1. The number of rotatable bonds is 5. The van der Waals surface area contributed by atoms with Crippen molar-refractivity contribution in [3.05, 3.63) is 59.9 Å².